The number of nitrogens with zero attached hydrogens (tertiary/aromatic N) is 4. The van der Waals surface area contributed by atoms with Gasteiger partial charge in [-0.1, -0.05) is 23.5 Å². The normalized spacial score (nSPS) is 29.3. The van der Waals surface area contributed by atoms with Gasteiger partial charge in [-0.2, -0.15) is 0 Å². The number of amides is 3. The van der Waals surface area contributed by atoms with Crippen LogP contribution >= 0.6 is 11.3 Å². The number of carbonyl (C=O) groups is 3. The summed E-state index contributed by atoms with van der Waals surface area (Å²) in [5.41, 5.74) is -0.0516. The second-order valence-electron chi connectivity index (χ2n) is 9.17. The Bertz CT molecular complexity index is 1240. The lowest BCUT2D eigenvalue weighted by Crippen LogP contribution is -2.54. The minimum absolute atomic E-state index is 0.0982. The molecule has 0 radical (unpaired) electrons. The van der Waals surface area contributed by atoms with Crippen molar-refractivity contribution in [3.8, 4) is 5.75 Å². The molecular weight excluding hydrogens is 472 g/mol. The largest absolute Gasteiger partial charge is 0.497 e. The van der Waals surface area contributed by atoms with E-state index in [-0.39, 0.29) is 17.9 Å². The average Bonchev–Trinajstić information content (AvgIpc) is 3.62. The van der Waals surface area contributed by atoms with E-state index in [1.54, 1.807) is 28.7 Å². The average molecular weight is 499 g/mol. The number of methoxy groups -OCH3 is 1. The summed E-state index contributed by atoms with van der Waals surface area (Å²) in [4.78, 5) is 49.0. The van der Waals surface area contributed by atoms with E-state index in [0.717, 1.165) is 10.2 Å². The van der Waals surface area contributed by atoms with Crippen LogP contribution in [0.1, 0.15) is 6.92 Å². The zero-order valence-electron chi connectivity index (χ0n) is 19.5. The summed E-state index contributed by atoms with van der Waals surface area (Å²) in [5.74, 6) is -0.697. The minimum atomic E-state index is -0.815. The second-order valence-corrected chi connectivity index (χ2v) is 10.2. The molecule has 2 aromatic rings. The number of anilines is 1. The van der Waals surface area contributed by atoms with Crippen LogP contribution in [-0.2, 0) is 19.1 Å². The predicted molar refractivity (Wildman–Crippen MR) is 127 cm³/mol. The van der Waals surface area contributed by atoms with E-state index >= 15 is 0 Å². The minimum Gasteiger partial charge on any atom is -0.497 e. The Kier molecular flexibility index (Phi) is 5.22. The summed E-state index contributed by atoms with van der Waals surface area (Å²) >= 11 is 1.44. The molecule has 1 spiro atoms. The van der Waals surface area contributed by atoms with Crippen molar-refractivity contribution in [2.45, 2.75) is 18.6 Å². The number of thiazole rings is 1. The Morgan fingerprint density at radius 2 is 2.00 bits per heavy atom. The Morgan fingerprint density at radius 3 is 2.74 bits per heavy atom. The van der Waals surface area contributed by atoms with Gasteiger partial charge < -0.3 is 24.0 Å². The molecule has 0 saturated carbocycles. The first-order valence-electron chi connectivity index (χ1n) is 11.8. The zero-order valence-corrected chi connectivity index (χ0v) is 20.3. The summed E-state index contributed by atoms with van der Waals surface area (Å²) in [6, 6.07) is 5.64. The molecule has 4 atom stereocenters. The molecule has 0 aliphatic carbocycles. The Hall–Kier alpha value is -3.18. The molecule has 0 N–H and O–H groups in total. The summed E-state index contributed by atoms with van der Waals surface area (Å²) in [7, 11) is 1.60. The van der Waals surface area contributed by atoms with Crippen molar-refractivity contribution >= 4 is 44.6 Å². The number of ether oxygens (including phenoxy) is 3. The molecule has 2 bridgehead atoms. The molecule has 184 valence electrons. The highest BCUT2D eigenvalue weighted by molar-refractivity contribution is 7.22. The van der Waals surface area contributed by atoms with Crippen molar-refractivity contribution in [3.05, 3.63) is 30.4 Å². The van der Waals surface area contributed by atoms with Gasteiger partial charge in [0.15, 0.2) is 5.13 Å². The molecule has 3 fully saturated rings. The number of carbonyl (C=O) groups excluding carboxylic acids is 3. The molecule has 0 unspecified atom stereocenters. The fourth-order valence-corrected chi connectivity index (χ4v) is 6.57. The first-order valence-corrected chi connectivity index (χ1v) is 12.6. The topological polar surface area (TPSA) is 102 Å². The van der Waals surface area contributed by atoms with Crippen LogP contribution in [0.4, 0.5) is 9.93 Å². The number of hydrogen-bond donors (Lipinski definition) is 0. The third-order valence-corrected chi connectivity index (χ3v) is 8.38. The quantitative estimate of drug-likeness (QED) is 0.594. The van der Waals surface area contributed by atoms with Crippen LogP contribution in [0.25, 0.3) is 10.2 Å². The molecule has 35 heavy (non-hydrogen) atoms. The lowest BCUT2D eigenvalue weighted by atomic mass is 9.76. The molecule has 4 aliphatic rings. The molecule has 5 heterocycles. The molecule has 4 aliphatic heterocycles. The van der Waals surface area contributed by atoms with Crippen LogP contribution in [0.2, 0.25) is 0 Å². The van der Waals surface area contributed by atoms with Crippen LogP contribution < -0.4 is 9.64 Å². The molecular formula is C24H26N4O6S. The van der Waals surface area contributed by atoms with Gasteiger partial charge in [-0.05, 0) is 19.1 Å². The fourth-order valence-electron chi connectivity index (χ4n) is 5.61. The van der Waals surface area contributed by atoms with Gasteiger partial charge >= 0.3 is 6.09 Å². The molecule has 3 amide bonds. The van der Waals surface area contributed by atoms with Crippen molar-refractivity contribution in [3.63, 3.8) is 0 Å². The molecule has 10 nitrogen and oxygen atoms in total. The Balaban J connectivity index is 1.22. The lowest BCUT2D eigenvalue weighted by molar-refractivity contribution is -0.141. The predicted octanol–water partition coefficient (Wildman–Crippen LogP) is 1.89. The number of hydrogen-bond acceptors (Lipinski definition) is 8. The highest BCUT2D eigenvalue weighted by atomic mass is 32.1. The van der Waals surface area contributed by atoms with Gasteiger partial charge in [0.2, 0.25) is 11.8 Å². The van der Waals surface area contributed by atoms with Crippen molar-refractivity contribution in [1.29, 1.82) is 0 Å². The van der Waals surface area contributed by atoms with E-state index in [2.05, 4.69) is 4.98 Å². The van der Waals surface area contributed by atoms with Crippen molar-refractivity contribution in [1.82, 2.24) is 14.8 Å². The van der Waals surface area contributed by atoms with Crippen LogP contribution in [0.3, 0.4) is 0 Å². The molecule has 1 aromatic heterocycles. The maximum absolute atomic E-state index is 13.7. The number of piperazine rings is 1. The van der Waals surface area contributed by atoms with E-state index in [0.29, 0.717) is 50.2 Å². The van der Waals surface area contributed by atoms with Crippen molar-refractivity contribution in [2.24, 2.45) is 11.8 Å². The maximum Gasteiger partial charge on any atom is 0.409 e. The number of benzene rings is 1. The fraction of sp³-hybridized carbons (Fsp3) is 0.500. The third-order valence-electron chi connectivity index (χ3n) is 7.32. The zero-order chi connectivity index (χ0) is 24.3. The number of aromatic nitrogens is 1. The Morgan fingerprint density at radius 1 is 1.23 bits per heavy atom. The van der Waals surface area contributed by atoms with Gasteiger partial charge in [-0.3, -0.25) is 14.5 Å². The molecule has 11 heteroatoms. The van der Waals surface area contributed by atoms with Gasteiger partial charge in [0.25, 0.3) is 0 Å². The van der Waals surface area contributed by atoms with Crippen LogP contribution in [-0.4, -0.2) is 90.8 Å². The second kappa shape index (κ2) is 8.20. The summed E-state index contributed by atoms with van der Waals surface area (Å²) in [5, 5.41) is 0.594. The Labute approximate surface area is 206 Å². The highest BCUT2D eigenvalue weighted by Gasteiger charge is 2.67. The van der Waals surface area contributed by atoms with E-state index in [9.17, 15) is 14.4 Å². The molecule has 6 rings (SSSR count). The van der Waals surface area contributed by atoms with E-state index in [1.165, 1.54) is 11.3 Å². The van der Waals surface area contributed by atoms with Gasteiger partial charge in [0.1, 0.15) is 11.4 Å². The smallest absolute Gasteiger partial charge is 0.409 e. The molecule has 3 saturated heterocycles. The van der Waals surface area contributed by atoms with Gasteiger partial charge in [-0.25, -0.2) is 9.78 Å². The monoisotopic (exact) mass is 498 g/mol. The summed E-state index contributed by atoms with van der Waals surface area (Å²) < 4.78 is 17.6. The standard InChI is InChI=1S/C24H26N4O6S/c1-3-33-23(31)27-10-8-26(9-11-27)20(29)18-16-6-7-24(34-16)13-28(21(30)19(18)24)22-25-15-12-14(32-2)4-5-17(15)35-22/h4-7,12,16,18-19H,3,8-11,13H2,1-2H3/t16-,18-,19-,24+/m1/s1. The van der Waals surface area contributed by atoms with E-state index < -0.39 is 23.5 Å². The maximum atomic E-state index is 13.7. The van der Waals surface area contributed by atoms with Crippen LogP contribution in [0.5, 0.6) is 5.75 Å². The molecule has 1 aromatic carbocycles. The summed E-state index contributed by atoms with van der Waals surface area (Å²) in [6.45, 7) is 4.04. The van der Waals surface area contributed by atoms with E-state index in [1.807, 2.05) is 30.4 Å². The SMILES string of the molecule is CCOC(=O)N1CCN(C(=O)[C@@H]2[C@H]3C=C[C@@]4(CN(c5nc6cc(OC)ccc6s5)C(=O)[C@@H]24)O3)CC1. The van der Waals surface area contributed by atoms with Gasteiger partial charge in [-0.15, -0.1) is 0 Å². The number of rotatable bonds is 4. The van der Waals surface area contributed by atoms with Crippen molar-refractivity contribution in [2.75, 3.05) is 51.3 Å². The first-order chi connectivity index (χ1) is 16.9. The van der Waals surface area contributed by atoms with Gasteiger partial charge in [0.05, 0.1) is 48.4 Å². The summed E-state index contributed by atoms with van der Waals surface area (Å²) in [6.07, 6.45) is 3.08. The van der Waals surface area contributed by atoms with Crippen LogP contribution in [0.15, 0.2) is 30.4 Å². The van der Waals surface area contributed by atoms with Crippen LogP contribution in [0, 0.1) is 11.8 Å². The lowest BCUT2D eigenvalue weighted by Gasteiger charge is -2.36. The third kappa shape index (κ3) is 3.40. The van der Waals surface area contributed by atoms with Crippen molar-refractivity contribution < 1.29 is 28.6 Å². The number of fused-ring (bicyclic) bond motifs is 2. The highest BCUT2D eigenvalue weighted by Crippen LogP contribution is 2.53. The van der Waals surface area contributed by atoms with E-state index in [4.69, 9.17) is 14.2 Å². The van der Waals surface area contributed by atoms with Gasteiger partial charge in [0, 0.05) is 32.2 Å². The first kappa shape index (κ1) is 22.3.